The minimum absolute atomic E-state index is 0.319. The maximum atomic E-state index is 11.4. The monoisotopic (exact) mass is 261 g/mol. The number of para-hydroxylation sites is 1. The maximum Gasteiger partial charge on any atom is 0.239 e. The Kier molecular flexibility index (Phi) is 4.19. The molecule has 0 radical (unpaired) electrons. The molecule has 5 N–H and O–H groups in total. The fourth-order valence-electron chi connectivity index (χ4n) is 2.18. The molecular weight excluding hydrogens is 242 g/mol. The molecule has 5 nitrogen and oxygen atoms in total. The van der Waals surface area contributed by atoms with Crippen LogP contribution in [0.2, 0.25) is 0 Å². The van der Waals surface area contributed by atoms with Gasteiger partial charge in [0.25, 0.3) is 0 Å². The van der Waals surface area contributed by atoms with E-state index in [2.05, 4.69) is 16.4 Å². The molecule has 0 saturated carbocycles. The van der Waals surface area contributed by atoms with Gasteiger partial charge in [-0.1, -0.05) is 18.2 Å². The van der Waals surface area contributed by atoms with E-state index >= 15 is 0 Å². The number of aliphatic hydroxyl groups excluding tert-OH is 1. The Labute approximate surface area is 111 Å². The summed E-state index contributed by atoms with van der Waals surface area (Å²) < 4.78 is 0. The highest BCUT2D eigenvalue weighted by Crippen LogP contribution is 2.21. The molecular formula is C14H19N3O2. The first-order valence-corrected chi connectivity index (χ1v) is 6.34. The number of amides is 1. The van der Waals surface area contributed by atoms with E-state index in [1.165, 1.54) is 10.9 Å². The normalized spacial score (nSPS) is 12.6. The predicted molar refractivity (Wildman–Crippen MR) is 74.8 cm³/mol. The van der Waals surface area contributed by atoms with Crippen LogP contribution in [0.3, 0.4) is 0 Å². The van der Waals surface area contributed by atoms with E-state index in [4.69, 9.17) is 10.8 Å². The number of nitrogens with two attached hydrogens (primary N) is 1. The average molecular weight is 261 g/mol. The fourth-order valence-corrected chi connectivity index (χ4v) is 2.18. The second-order valence-electron chi connectivity index (χ2n) is 4.60. The summed E-state index contributed by atoms with van der Waals surface area (Å²) >= 11 is 0. The maximum absolute atomic E-state index is 11.4. The van der Waals surface area contributed by atoms with Gasteiger partial charge in [0.1, 0.15) is 6.04 Å². The van der Waals surface area contributed by atoms with E-state index in [-0.39, 0.29) is 12.5 Å². The number of hydrogen-bond acceptors (Lipinski definition) is 3. The Bertz CT molecular complexity index is 577. The zero-order valence-corrected chi connectivity index (χ0v) is 10.9. The highest BCUT2D eigenvalue weighted by molar-refractivity contribution is 5.85. The van der Waals surface area contributed by atoms with Crippen LogP contribution in [0.4, 0.5) is 0 Å². The number of carbonyl (C=O) groups excluding carboxylic acids is 1. The minimum Gasteiger partial charge on any atom is -0.394 e. The molecule has 1 aromatic heterocycles. The summed E-state index contributed by atoms with van der Waals surface area (Å²) in [6.07, 6.45) is 0.736. The van der Waals surface area contributed by atoms with Crippen LogP contribution in [-0.2, 0) is 11.2 Å². The molecule has 0 aliphatic carbocycles. The molecule has 1 aromatic carbocycles. The fraction of sp³-hybridized carbons (Fsp3) is 0.357. The zero-order valence-electron chi connectivity index (χ0n) is 10.9. The van der Waals surface area contributed by atoms with Crippen molar-refractivity contribution in [3.05, 3.63) is 35.5 Å². The van der Waals surface area contributed by atoms with Crippen molar-refractivity contribution in [2.45, 2.75) is 19.4 Å². The number of aliphatic hydroxyl groups is 1. The van der Waals surface area contributed by atoms with Crippen LogP contribution in [-0.4, -0.2) is 35.2 Å². The van der Waals surface area contributed by atoms with Crippen molar-refractivity contribution in [1.29, 1.82) is 0 Å². The Balaban J connectivity index is 2.02. The molecule has 1 unspecified atom stereocenters. The molecule has 19 heavy (non-hydrogen) atoms. The first-order valence-electron chi connectivity index (χ1n) is 6.34. The first-order chi connectivity index (χ1) is 9.13. The van der Waals surface area contributed by atoms with Crippen molar-refractivity contribution < 1.29 is 9.90 Å². The third-order valence-corrected chi connectivity index (χ3v) is 3.23. The lowest BCUT2D eigenvalue weighted by Gasteiger charge is -2.09. The summed E-state index contributed by atoms with van der Waals surface area (Å²) in [7, 11) is 0. The molecule has 102 valence electrons. The molecule has 1 atom stereocenters. The van der Waals surface area contributed by atoms with Gasteiger partial charge in [-0.05, 0) is 25.0 Å². The van der Waals surface area contributed by atoms with Gasteiger partial charge in [-0.3, -0.25) is 4.79 Å². The lowest BCUT2D eigenvalue weighted by Crippen LogP contribution is -2.43. The van der Waals surface area contributed by atoms with Gasteiger partial charge in [-0.25, -0.2) is 0 Å². The van der Waals surface area contributed by atoms with Crippen molar-refractivity contribution in [1.82, 2.24) is 10.3 Å². The highest BCUT2D eigenvalue weighted by Gasteiger charge is 2.12. The Hall–Kier alpha value is -1.85. The van der Waals surface area contributed by atoms with Gasteiger partial charge < -0.3 is 21.1 Å². The number of aromatic amines is 1. The quantitative estimate of drug-likeness (QED) is 0.630. The third-order valence-electron chi connectivity index (χ3n) is 3.23. The summed E-state index contributed by atoms with van der Waals surface area (Å²) in [5, 5.41) is 12.7. The average Bonchev–Trinajstić information content (AvgIpc) is 2.74. The van der Waals surface area contributed by atoms with Gasteiger partial charge in [0.05, 0.1) is 6.61 Å². The molecule has 0 aliphatic heterocycles. The van der Waals surface area contributed by atoms with Gasteiger partial charge in [-0.15, -0.1) is 0 Å². The zero-order chi connectivity index (χ0) is 13.8. The highest BCUT2D eigenvalue weighted by atomic mass is 16.3. The van der Waals surface area contributed by atoms with Crippen molar-refractivity contribution in [2.75, 3.05) is 13.2 Å². The lowest BCUT2D eigenvalue weighted by molar-refractivity contribution is -0.123. The summed E-state index contributed by atoms with van der Waals surface area (Å²) in [6.45, 7) is 2.20. The van der Waals surface area contributed by atoms with Crippen LogP contribution in [0.5, 0.6) is 0 Å². The van der Waals surface area contributed by atoms with Crippen molar-refractivity contribution in [2.24, 2.45) is 5.73 Å². The largest absolute Gasteiger partial charge is 0.394 e. The van der Waals surface area contributed by atoms with Gasteiger partial charge in [0.2, 0.25) is 5.91 Å². The Morgan fingerprint density at radius 2 is 2.21 bits per heavy atom. The van der Waals surface area contributed by atoms with E-state index in [1.807, 2.05) is 25.1 Å². The minimum atomic E-state index is -0.843. The molecule has 2 rings (SSSR count). The predicted octanol–water partition coefficient (Wildman–Crippen LogP) is 0.455. The van der Waals surface area contributed by atoms with Crippen LogP contribution >= 0.6 is 0 Å². The summed E-state index contributed by atoms with van der Waals surface area (Å²) in [6, 6.07) is 7.24. The van der Waals surface area contributed by atoms with E-state index in [9.17, 15) is 4.79 Å². The first kappa shape index (κ1) is 13.6. The van der Waals surface area contributed by atoms with Crippen molar-refractivity contribution in [3.63, 3.8) is 0 Å². The topological polar surface area (TPSA) is 91.1 Å². The molecule has 0 bridgehead atoms. The molecule has 2 aromatic rings. The van der Waals surface area contributed by atoms with E-state index < -0.39 is 6.04 Å². The Morgan fingerprint density at radius 1 is 1.47 bits per heavy atom. The number of carbonyl (C=O) groups is 1. The van der Waals surface area contributed by atoms with E-state index in [0.29, 0.717) is 6.54 Å². The molecule has 0 fully saturated rings. The molecule has 0 aliphatic rings. The van der Waals surface area contributed by atoms with Crippen molar-refractivity contribution in [3.8, 4) is 0 Å². The Morgan fingerprint density at radius 3 is 2.95 bits per heavy atom. The second-order valence-corrected chi connectivity index (χ2v) is 4.60. The van der Waals surface area contributed by atoms with Crippen LogP contribution in [0.15, 0.2) is 24.3 Å². The lowest BCUT2D eigenvalue weighted by atomic mass is 10.1. The van der Waals surface area contributed by atoms with Crippen molar-refractivity contribution >= 4 is 16.8 Å². The second kappa shape index (κ2) is 5.86. The van der Waals surface area contributed by atoms with Gasteiger partial charge in [0, 0.05) is 23.1 Å². The van der Waals surface area contributed by atoms with Gasteiger partial charge in [0.15, 0.2) is 0 Å². The van der Waals surface area contributed by atoms with Crippen LogP contribution < -0.4 is 11.1 Å². The van der Waals surface area contributed by atoms with Crippen LogP contribution in [0.1, 0.15) is 11.3 Å². The van der Waals surface area contributed by atoms with Gasteiger partial charge in [-0.2, -0.15) is 0 Å². The number of fused-ring (bicyclic) bond motifs is 1. The third kappa shape index (κ3) is 2.94. The number of aryl methyl sites for hydroxylation is 1. The molecule has 1 heterocycles. The number of rotatable bonds is 5. The summed E-state index contributed by atoms with van der Waals surface area (Å²) in [5.41, 5.74) is 8.85. The standard InChI is InChI=1S/C14H19N3O2/c1-9-10(6-7-16-14(19)12(15)8-18)11-4-2-3-5-13(11)17-9/h2-5,12,17-18H,6-8,15H2,1H3,(H,16,19). The summed E-state index contributed by atoms with van der Waals surface area (Å²) in [5.74, 6) is -0.319. The summed E-state index contributed by atoms with van der Waals surface area (Å²) in [4.78, 5) is 14.8. The molecule has 0 saturated heterocycles. The smallest absolute Gasteiger partial charge is 0.239 e. The van der Waals surface area contributed by atoms with E-state index in [0.717, 1.165) is 17.6 Å². The molecule has 5 heteroatoms. The number of aromatic nitrogens is 1. The molecule has 0 spiro atoms. The number of nitrogens with one attached hydrogen (secondary N) is 2. The number of benzene rings is 1. The van der Waals surface area contributed by atoms with E-state index in [1.54, 1.807) is 0 Å². The molecule has 1 amide bonds. The number of hydrogen-bond donors (Lipinski definition) is 4. The number of H-pyrrole nitrogens is 1. The van der Waals surface area contributed by atoms with Crippen LogP contribution in [0, 0.1) is 6.92 Å². The van der Waals surface area contributed by atoms with Gasteiger partial charge >= 0.3 is 0 Å². The SMILES string of the molecule is Cc1[nH]c2ccccc2c1CCNC(=O)C(N)CO. The van der Waals surface area contributed by atoms with Crippen LogP contribution in [0.25, 0.3) is 10.9 Å².